The van der Waals surface area contributed by atoms with Crippen LogP contribution in [0.25, 0.3) is 0 Å². The van der Waals surface area contributed by atoms with Gasteiger partial charge in [-0.3, -0.25) is 0 Å². The summed E-state index contributed by atoms with van der Waals surface area (Å²) >= 11 is 0. The van der Waals surface area contributed by atoms with Crippen molar-refractivity contribution in [1.82, 2.24) is 0 Å². The van der Waals surface area contributed by atoms with Gasteiger partial charge in [0.05, 0.1) is 0 Å². The SMILES string of the molecule is CC(C)(C)OC(=O)CP12(OC(C(F)(F)F)(C(F)(F)F)c3ccccc31)OC(C(F)(F)F)(C(F)(F)F)c1ccccc12. The number of esters is 1. The Balaban J connectivity index is 2.28. The Morgan fingerprint density at radius 1 is 0.659 bits per heavy atom. The van der Waals surface area contributed by atoms with Gasteiger partial charge in [-0.25, -0.2) is 0 Å². The summed E-state index contributed by atoms with van der Waals surface area (Å²) in [5, 5.41) is -2.83. The predicted octanol–water partition coefficient (Wildman–Crippen LogP) is 7.06. The zero-order chi connectivity index (χ0) is 31.3. The summed E-state index contributed by atoms with van der Waals surface area (Å²) in [7, 11) is -7.13. The summed E-state index contributed by atoms with van der Waals surface area (Å²) in [6.07, 6.45) is -28.0. The van der Waals surface area contributed by atoms with E-state index in [2.05, 4.69) is 0 Å². The Bertz CT molecular complexity index is 1270. The minimum absolute atomic E-state index is 0.208. The fourth-order valence-electron chi connectivity index (χ4n) is 5.34. The van der Waals surface area contributed by atoms with E-state index in [9.17, 15) is 57.5 Å². The van der Waals surface area contributed by atoms with Crippen LogP contribution in [0.5, 0.6) is 0 Å². The van der Waals surface area contributed by atoms with Crippen molar-refractivity contribution >= 4 is 23.6 Å². The first kappa shape index (κ1) is 31.4. The molecule has 41 heavy (non-hydrogen) atoms. The summed E-state index contributed by atoms with van der Waals surface area (Å²) in [6.45, 7) is 3.61. The van der Waals surface area contributed by atoms with E-state index in [1.807, 2.05) is 0 Å². The predicted molar refractivity (Wildman–Crippen MR) is 120 cm³/mol. The van der Waals surface area contributed by atoms with Gasteiger partial charge in [0.2, 0.25) is 0 Å². The normalized spacial score (nSPS) is 22.0. The number of hydrogen-bond acceptors (Lipinski definition) is 4. The average Bonchev–Trinajstić information content (AvgIpc) is 3.20. The molecule has 0 aromatic heterocycles. The van der Waals surface area contributed by atoms with Crippen LogP contribution in [0.3, 0.4) is 0 Å². The van der Waals surface area contributed by atoms with E-state index in [1.165, 1.54) is 20.8 Å². The topological polar surface area (TPSA) is 44.8 Å². The maximum absolute atomic E-state index is 14.6. The Labute approximate surface area is 223 Å². The van der Waals surface area contributed by atoms with Gasteiger partial charge in [-0.2, -0.15) is 0 Å². The third-order valence-corrected chi connectivity index (χ3v) is 11.5. The first-order chi connectivity index (χ1) is 18.3. The van der Waals surface area contributed by atoms with Crippen LogP contribution in [-0.2, 0) is 29.8 Å². The summed E-state index contributed by atoms with van der Waals surface area (Å²) < 4.78 is 190. The molecule has 0 atom stereocenters. The zero-order valence-corrected chi connectivity index (χ0v) is 21.8. The minimum atomic E-state index is -7.13. The molecule has 2 heterocycles. The molecule has 2 aliphatic heterocycles. The van der Waals surface area contributed by atoms with E-state index in [4.69, 9.17) is 13.8 Å². The molecule has 0 unspecified atom stereocenters. The molecule has 0 amide bonds. The van der Waals surface area contributed by atoms with Gasteiger partial charge in [0.15, 0.2) is 0 Å². The first-order valence-electron chi connectivity index (χ1n) is 11.4. The summed E-state index contributed by atoms with van der Waals surface area (Å²) in [5.41, 5.74) is -16.2. The van der Waals surface area contributed by atoms with Gasteiger partial charge in [-0.15, -0.1) is 0 Å². The molecule has 0 saturated heterocycles. The molecule has 2 aromatic rings. The maximum atomic E-state index is 14.6. The molecule has 0 saturated carbocycles. The second-order valence-electron chi connectivity index (χ2n) is 10.4. The molecule has 4 rings (SSSR count). The number of alkyl halides is 12. The summed E-state index contributed by atoms with van der Waals surface area (Å²) in [6, 6.07) is 4.17. The van der Waals surface area contributed by atoms with Gasteiger partial charge in [0.25, 0.3) is 0 Å². The van der Waals surface area contributed by atoms with Crippen LogP contribution in [0.1, 0.15) is 31.9 Å². The van der Waals surface area contributed by atoms with Crippen molar-refractivity contribution in [3.05, 3.63) is 59.7 Å². The Morgan fingerprint density at radius 3 is 1.27 bits per heavy atom. The van der Waals surface area contributed by atoms with Gasteiger partial charge < -0.3 is 0 Å². The Hall–Kier alpha value is -2.58. The molecule has 228 valence electrons. The van der Waals surface area contributed by atoms with Crippen molar-refractivity contribution in [3.63, 3.8) is 0 Å². The first-order valence-corrected chi connectivity index (χ1v) is 13.7. The number of carbonyl (C=O) groups is 1. The van der Waals surface area contributed by atoms with Crippen LogP contribution in [0.15, 0.2) is 48.5 Å². The van der Waals surface area contributed by atoms with E-state index >= 15 is 0 Å². The number of fused-ring (bicyclic) bond motifs is 4. The van der Waals surface area contributed by atoms with E-state index in [0.29, 0.717) is 24.3 Å². The van der Waals surface area contributed by atoms with Gasteiger partial charge in [0.1, 0.15) is 0 Å². The van der Waals surface area contributed by atoms with Gasteiger partial charge in [-0.05, 0) is 0 Å². The van der Waals surface area contributed by atoms with Crippen LogP contribution in [-0.4, -0.2) is 42.4 Å². The van der Waals surface area contributed by atoms with Crippen LogP contribution in [0.2, 0.25) is 0 Å². The molecule has 0 bridgehead atoms. The average molecular weight is 630 g/mol. The van der Waals surface area contributed by atoms with E-state index in [0.717, 1.165) is 12.1 Å². The molecule has 0 radical (unpaired) electrons. The molecule has 17 heteroatoms. The van der Waals surface area contributed by atoms with Crippen LogP contribution in [0, 0.1) is 0 Å². The molecule has 4 nitrogen and oxygen atoms in total. The number of ether oxygens (including phenoxy) is 1. The second-order valence-corrected chi connectivity index (χ2v) is 14.3. The third kappa shape index (κ3) is 3.99. The molecule has 0 fully saturated rings. The number of halogens is 12. The number of hydrogen-bond donors (Lipinski definition) is 0. The second kappa shape index (κ2) is 8.50. The summed E-state index contributed by atoms with van der Waals surface area (Å²) in [5.74, 6) is -1.76. The number of benzene rings is 2. The van der Waals surface area contributed by atoms with Gasteiger partial charge >= 0.3 is 223 Å². The molecule has 0 N–H and O–H groups in total. The van der Waals surface area contributed by atoms with Crippen LogP contribution in [0.4, 0.5) is 52.7 Å². The van der Waals surface area contributed by atoms with Crippen LogP contribution < -0.4 is 10.6 Å². The Morgan fingerprint density at radius 2 is 0.976 bits per heavy atom. The number of carbonyl (C=O) groups excluding carboxylic acids is 1. The van der Waals surface area contributed by atoms with Crippen molar-refractivity contribution in [2.45, 2.75) is 62.3 Å². The van der Waals surface area contributed by atoms with Crippen molar-refractivity contribution in [2.75, 3.05) is 6.16 Å². The quantitative estimate of drug-likeness (QED) is 0.203. The molecular weight excluding hydrogens is 611 g/mol. The van der Waals surface area contributed by atoms with Gasteiger partial charge in [0, 0.05) is 0 Å². The van der Waals surface area contributed by atoms with Crippen molar-refractivity contribution < 1.29 is 71.3 Å². The fourth-order valence-corrected chi connectivity index (χ4v) is 11.0. The standard InChI is InChI=1S/C24H19F12O4P/c1-18(2,3)38-17(37)12-41(15-10-6-4-8-13(15)19(39-41,21(25,26)27)22(28,29)30)16-11-7-5-9-14(16)20(40-41,23(31,32)33)24(34,35)36/h4-11H,12H2,1-3H3. The Kier molecular flexibility index (Phi) is 6.50. The molecule has 2 aromatic carbocycles. The zero-order valence-electron chi connectivity index (χ0n) is 20.9. The van der Waals surface area contributed by atoms with Gasteiger partial charge in [-0.1, -0.05) is 0 Å². The monoisotopic (exact) mass is 630 g/mol. The van der Waals surface area contributed by atoms with E-state index in [1.54, 1.807) is 0 Å². The van der Waals surface area contributed by atoms with Crippen molar-refractivity contribution in [1.29, 1.82) is 0 Å². The number of rotatable bonds is 2. The summed E-state index contributed by atoms with van der Waals surface area (Å²) in [4.78, 5) is 13.1. The molecule has 2 aliphatic rings. The van der Waals surface area contributed by atoms with Crippen LogP contribution >= 0.6 is 7.06 Å². The third-order valence-electron chi connectivity index (χ3n) is 6.63. The molecular formula is C24H19F12O4P. The molecule has 0 aliphatic carbocycles. The van der Waals surface area contributed by atoms with Crippen molar-refractivity contribution in [2.24, 2.45) is 0 Å². The van der Waals surface area contributed by atoms with E-state index in [-0.39, 0.29) is 12.1 Å². The fraction of sp³-hybridized carbons (Fsp3) is 0.458. The van der Waals surface area contributed by atoms with Crippen molar-refractivity contribution in [3.8, 4) is 0 Å². The molecule has 1 spiro atoms. The van der Waals surface area contributed by atoms with E-state index < -0.39 is 82.4 Å².